The van der Waals surface area contributed by atoms with E-state index in [4.69, 9.17) is 0 Å². The summed E-state index contributed by atoms with van der Waals surface area (Å²) in [6, 6.07) is 15.6. The first-order valence-corrected chi connectivity index (χ1v) is 12.2. The highest BCUT2D eigenvalue weighted by molar-refractivity contribution is 5.95. The lowest BCUT2D eigenvalue weighted by molar-refractivity contribution is -0.127. The highest BCUT2D eigenvalue weighted by Crippen LogP contribution is 2.40. The summed E-state index contributed by atoms with van der Waals surface area (Å²) in [6.07, 6.45) is 2.63. The SMILES string of the molecule is CCCCc1c(-c2ccc(-c3ccccc3-c3nn[nH]n3)cc2)c(=O)nc2n1C(C)C(C)(C)C(=O)N2. The third-order valence-corrected chi connectivity index (χ3v) is 7.24. The minimum Gasteiger partial charge on any atom is -0.311 e. The van der Waals surface area contributed by atoms with Crippen molar-refractivity contribution in [2.24, 2.45) is 5.41 Å². The summed E-state index contributed by atoms with van der Waals surface area (Å²) >= 11 is 0. The van der Waals surface area contributed by atoms with Crippen LogP contribution in [0.1, 0.15) is 52.3 Å². The molecule has 0 saturated carbocycles. The molecule has 0 aliphatic carbocycles. The molecule has 1 unspecified atom stereocenters. The average Bonchev–Trinajstić information content (AvgIpc) is 3.41. The van der Waals surface area contributed by atoms with Crippen molar-refractivity contribution in [3.8, 4) is 33.6 Å². The Morgan fingerprint density at radius 1 is 1.00 bits per heavy atom. The zero-order valence-electron chi connectivity index (χ0n) is 20.9. The van der Waals surface area contributed by atoms with Crippen LogP contribution in [0.4, 0.5) is 5.95 Å². The number of hydrogen-bond acceptors (Lipinski definition) is 6. The van der Waals surface area contributed by atoms with Gasteiger partial charge in [-0.25, -0.2) is 0 Å². The topological polar surface area (TPSA) is 118 Å². The first kappa shape index (κ1) is 23.6. The highest BCUT2D eigenvalue weighted by Gasteiger charge is 2.42. The van der Waals surface area contributed by atoms with E-state index in [1.807, 2.05) is 73.9 Å². The van der Waals surface area contributed by atoms with Crippen LogP contribution in [0.15, 0.2) is 53.3 Å². The number of tetrazole rings is 1. The molecule has 2 N–H and O–H groups in total. The van der Waals surface area contributed by atoms with E-state index in [-0.39, 0.29) is 17.5 Å². The number of unbranched alkanes of at least 4 members (excludes halogenated alkanes) is 1. The van der Waals surface area contributed by atoms with Crippen LogP contribution in [0.25, 0.3) is 33.6 Å². The van der Waals surface area contributed by atoms with Crippen LogP contribution in [0.5, 0.6) is 0 Å². The van der Waals surface area contributed by atoms with Gasteiger partial charge >= 0.3 is 0 Å². The van der Waals surface area contributed by atoms with E-state index in [9.17, 15) is 9.59 Å². The van der Waals surface area contributed by atoms with Crippen molar-refractivity contribution >= 4 is 11.9 Å². The number of H-pyrrole nitrogens is 1. The van der Waals surface area contributed by atoms with Crippen LogP contribution < -0.4 is 10.9 Å². The van der Waals surface area contributed by atoms with Gasteiger partial charge < -0.3 is 4.57 Å². The van der Waals surface area contributed by atoms with Gasteiger partial charge in [0.2, 0.25) is 17.7 Å². The summed E-state index contributed by atoms with van der Waals surface area (Å²) in [4.78, 5) is 30.3. The summed E-state index contributed by atoms with van der Waals surface area (Å²) in [5, 5.41) is 17.3. The lowest BCUT2D eigenvalue weighted by Crippen LogP contribution is -2.45. The van der Waals surface area contributed by atoms with Gasteiger partial charge in [0.25, 0.3) is 5.56 Å². The minimum absolute atomic E-state index is 0.124. The van der Waals surface area contributed by atoms with Crippen molar-refractivity contribution in [3.63, 3.8) is 0 Å². The number of nitrogens with zero attached hydrogens (tertiary/aromatic N) is 5. The monoisotopic (exact) mass is 483 g/mol. The van der Waals surface area contributed by atoms with E-state index in [0.29, 0.717) is 17.3 Å². The zero-order chi connectivity index (χ0) is 25.4. The second-order valence-corrected chi connectivity index (χ2v) is 9.75. The smallest absolute Gasteiger partial charge is 0.282 e. The van der Waals surface area contributed by atoms with Gasteiger partial charge in [-0.3, -0.25) is 14.9 Å². The Labute approximate surface area is 209 Å². The van der Waals surface area contributed by atoms with Crippen LogP contribution >= 0.6 is 0 Å². The number of anilines is 1. The van der Waals surface area contributed by atoms with Crippen LogP contribution in [0.2, 0.25) is 0 Å². The van der Waals surface area contributed by atoms with E-state index >= 15 is 0 Å². The number of fused-ring (bicyclic) bond motifs is 1. The molecular formula is C27H29N7O2. The normalized spacial score (nSPS) is 16.4. The van der Waals surface area contributed by atoms with E-state index in [1.54, 1.807) is 0 Å². The number of aromatic nitrogens is 6. The molecule has 1 amide bonds. The van der Waals surface area contributed by atoms with Crippen molar-refractivity contribution in [2.75, 3.05) is 5.32 Å². The fourth-order valence-corrected chi connectivity index (χ4v) is 4.76. The van der Waals surface area contributed by atoms with E-state index in [2.05, 4.69) is 37.8 Å². The molecule has 1 atom stereocenters. The van der Waals surface area contributed by atoms with Gasteiger partial charge in [-0.1, -0.05) is 61.9 Å². The van der Waals surface area contributed by atoms with Crippen molar-refractivity contribution in [2.45, 2.75) is 53.0 Å². The zero-order valence-corrected chi connectivity index (χ0v) is 20.9. The molecule has 3 heterocycles. The molecule has 0 spiro atoms. The first-order chi connectivity index (χ1) is 17.3. The van der Waals surface area contributed by atoms with Crippen molar-refractivity contribution in [3.05, 3.63) is 64.6 Å². The third kappa shape index (κ3) is 3.90. The molecule has 5 rings (SSSR count). The predicted molar refractivity (Wildman–Crippen MR) is 138 cm³/mol. The van der Waals surface area contributed by atoms with Crippen molar-refractivity contribution in [1.29, 1.82) is 0 Å². The van der Waals surface area contributed by atoms with Crippen LogP contribution in [0.3, 0.4) is 0 Å². The Morgan fingerprint density at radius 3 is 2.36 bits per heavy atom. The Morgan fingerprint density at radius 2 is 1.69 bits per heavy atom. The standard InChI is InChI=1S/C27H29N7O2/c1-5-6-11-21-22(24(35)28-26-29-25(36)27(3,4)16(2)34(21)26)18-14-12-17(13-15-18)19-9-7-8-10-20(19)23-30-32-33-31-23/h7-10,12-16H,5-6,11H2,1-4H3,(H,28,29,35,36)(H,30,31,32,33). The number of hydrogen-bond donors (Lipinski definition) is 2. The summed E-state index contributed by atoms with van der Waals surface area (Å²) in [5.74, 6) is 0.727. The first-order valence-electron chi connectivity index (χ1n) is 12.2. The average molecular weight is 484 g/mol. The number of carbonyl (C=O) groups is 1. The Balaban J connectivity index is 1.63. The van der Waals surface area contributed by atoms with Crippen molar-refractivity contribution < 1.29 is 4.79 Å². The molecule has 184 valence electrons. The maximum atomic E-state index is 13.3. The number of amides is 1. The molecule has 9 nitrogen and oxygen atoms in total. The van der Waals surface area contributed by atoms with Crippen LogP contribution in [-0.2, 0) is 11.2 Å². The number of benzene rings is 2. The maximum absolute atomic E-state index is 13.3. The molecule has 36 heavy (non-hydrogen) atoms. The lowest BCUT2D eigenvalue weighted by Gasteiger charge is -2.39. The number of carbonyl (C=O) groups excluding carboxylic acids is 1. The summed E-state index contributed by atoms with van der Waals surface area (Å²) < 4.78 is 2.05. The Kier molecular flexibility index (Phi) is 5.99. The molecule has 2 aromatic heterocycles. The van der Waals surface area contributed by atoms with Gasteiger partial charge in [-0.2, -0.15) is 10.2 Å². The second kappa shape index (κ2) is 9.14. The van der Waals surface area contributed by atoms with E-state index in [1.165, 1.54) is 0 Å². The molecule has 9 heteroatoms. The highest BCUT2D eigenvalue weighted by atomic mass is 16.2. The number of aromatic amines is 1. The molecule has 1 aliphatic rings. The largest absolute Gasteiger partial charge is 0.311 e. The Hall–Kier alpha value is -4.14. The van der Waals surface area contributed by atoms with E-state index in [0.717, 1.165) is 47.2 Å². The maximum Gasteiger partial charge on any atom is 0.282 e. The number of rotatable bonds is 6. The quantitative estimate of drug-likeness (QED) is 0.412. The van der Waals surface area contributed by atoms with Gasteiger partial charge in [-0.05, 0) is 55.5 Å². The molecule has 0 bridgehead atoms. The molecular weight excluding hydrogens is 454 g/mol. The van der Waals surface area contributed by atoms with Gasteiger partial charge in [0.15, 0.2) is 0 Å². The van der Waals surface area contributed by atoms with Gasteiger partial charge in [0, 0.05) is 17.3 Å². The summed E-state index contributed by atoms with van der Waals surface area (Å²) in [6.45, 7) is 7.99. The Bertz CT molecular complexity index is 1470. The van der Waals surface area contributed by atoms with Crippen molar-refractivity contribution in [1.82, 2.24) is 30.2 Å². The van der Waals surface area contributed by atoms with Gasteiger partial charge in [0.05, 0.1) is 11.0 Å². The van der Waals surface area contributed by atoms with Crippen LogP contribution in [0, 0.1) is 5.41 Å². The molecule has 0 radical (unpaired) electrons. The fourth-order valence-electron chi connectivity index (χ4n) is 4.76. The molecule has 4 aromatic rings. The molecule has 2 aromatic carbocycles. The third-order valence-electron chi connectivity index (χ3n) is 7.24. The molecule has 1 aliphatic heterocycles. The van der Waals surface area contributed by atoms with Gasteiger partial charge in [-0.15, -0.1) is 10.2 Å². The van der Waals surface area contributed by atoms with E-state index < -0.39 is 5.41 Å². The second-order valence-electron chi connectivity index (χ2n) is 9.75. The molecule has 0 saturated heterocycles. The molecule has 0 fully saturated rings. The minimum atomic E-state index is -0.634. The summed E-state index contributed by atoms with van der Waals surface area (Å²) in [7, 11) is 0. The van der Waals surface area contributed by atoms with Gasteiger partial charge in [0.1, 0.15) is 0 Å². The summed E-state index contributed by atoms with van der Waals surface area (Å²) in [5.41, 5.74) is 4.14. The number of nitrogens with one attached hydrogen (secondary N) is 2. The fraction of sp³-hybridized carbons (Fsp3) is 0.333. The lowest BCUT2D eigenvalue weighted by atomic mass is 9.82. The predicted octanol–water partition coefficient (Wildman–Crippen LogP) is 4.64. The van der Waals surface area contributed by atoms with Crippen LogP contribution in [-0.4, -0.2) is 36.1 Å².